The second-order valence-electron chi connectivity index (χ2n) is 6.37. The van der Waals surface area contributed by atoms with Gasteiger partial charge in [-0.3, -0.25) is 19.4 Å². The van der Waals surface area contributed by atoms with Crippen molar-refractivity contribution in [1.82, 2.24) is 20.9 Å². The first-order valence-corrected chi connectivity index (χ1v) is 8.62. The summed E-state index contributed by atoms with van der Waals surface area (Å²) in [5.74, 6) is -0.833. The van der Waals surface area contributed by atoms with E-state index in [1.165, 1.54) is 6.20 Å². The van der Waals surface area contributed by atoms with Gasteiger partial charge in [0.05, 0.1) is 6.04 Å². The van der Waals surface area contributed by atoms with Gasteiger partial charge in [-0.2, -0.15) is 0 Å². The van der Waals surface area contributed by atoms with Crippen LogP contribution < -0.4 is 16.0 Å². The molecule has 0 aliphatic carbocycles. The Kier molecular flexibility index (Phi) is 8.60. The number of hydrogen-bond acceptors (Lipinski definition) is 4. The van der Waals surface area contributed by atoms with Crippen molar-refractivity contribution in [3.8, 4) is 0 Å². The van der Waals surface area contributed by atoms with Crippen LogP contribution in [0.4, 0.5) is 0 Å². The lowest BCUT2D eigenvalue weighted by molar-refractivity contribution is -0.125. The molecule has 0 aliphatic heterocycles. The molecule has 138 valence electrons. The first kappa shape index (κ1) is 20.6. The second-order valence-corrected chi connectivity index (χ2v) is 6.37. The highest BCUT2D eigenvalue weighted by atomic mass is 16.2. The SMILES string of the molecule is CCC(C)NC(=O)CC(CNC(=O)C(C)C)NC(=O)c1ccccn1. The van der Waals surface area contributed by atoms with Crippen molar-refractivity contribution in [2.24, 2.45) is 5.92 Å². The van der Waals surface area contributed by atoms with E-state index in [0.29, 0.717) is 0 Å². The normalized spacial score (nSPS) is 13.0. The summed E-state index contributed by atoms with van der Waals surface area (Å²) in [6, 6.07) is 4.58. The van der Waals surface area contributed by atoms with Gasteiger partial charge >= 0.3 is 0 Å². The number of nitrogens with one attached hydrogen (secondary N) is 3. The maximum absolute atomic E-state index is 12.3. The molecule has 1 heterocycles. The van der Waals surface area contributed by atoms with Gasteiger partial charge < -0.3 is 16.0 Å². The van der Waals surface area contributed by atoms with Gasteiger partial charge in [-0.25, -0.2) is 0 Å². The van der Waals surface area contributed by atoms with Gasteiger partial charge in [-0.1, -0.05) is 26.8 Å². The monoisotopic (exact) mass is 348 g/mol. The smallest absolute Gasteiger partial charge is 0.270 e. The Hall–Kier alpha value is -2.44. The van der Waals surface area contributed by atoms with Gasteiger partial charge in [0.2, 0.25) is 11.8 Å². The Morgan fingerprint density at radius 1 is 1.12 bits per heavy atom. The molecule has 25 heavy (non-hydrogen) atoms. The first-order chi connectivity index (χ1) is 11.8. The van der Waals surface area contributed by atoms with Crippen LogP contribution in [0.3, 0.4) is 0 Å². The van der Waals surface area contributed by atoms with Crippen LogP contribution in [0.15, 0.2) is 24.4 Å². The van der Waals surface area contributed by atoms with Crippen molar-refractivity contribution in [2.75, 3.05) is 6.54 Å². The Labute approximate surface area is 149 Å². The Balaban J connectivity index is 2.71. The molecule has 0 fully saturated rings. The Morgan fingerprint density at radius 2 is 1.84 bits per heavy atom. The molecule has 0 bridgehead atoms. The van der Waals surface area contributed by atoms with Crippen molar-refractivity contribution in [1.29, 1.82) is 0 Å². The topological polar surface area (TPSA) is 100 Å². The number of nitrogens with zero attached hydrogens (tertiary/aromatic N) is 1. The van der Waals surface area contributed by atoms with E-state index in [0.717, 1.165) is 6.42 Å². The van der Waals surface area contributed by atoms with Gasteiger partial charge in [-0.05, 0) is 25.5 Å². The summed E-state index contributed by atoms with van der Waals surface area (Å²) in [6.45, 7) is 7.65. The van der Waals surface area contributed by atoms with E-state index in [2.05, 4.69) is 20.9 Å². The van der Waals surface area contributed by atoms with Crippen LogP contribution in [0, 0.1) is 5.92 Å². The zero-order valence-corrected chi connectivity index (χ0v) is 15.3. The first-order valence-electron chi connectivity index (χ1n) is 8.62. The average molecular weight is 348 g/mol. The highest BCUT2D eigenvalue weighted by molar-refractivity contribution is 5.92. The van der Waals surface area contributed by atoms with Gasteiger partial charge in [-0.15, -0.1) is 0 Å². The minimum Gasteiger partial charge on any atom is -0.354 e. The minimum absolute atomic E-state index is 0.0601. The van der Waals surface area contributed by atoms with Gasteiger partial charge in [0.1, 0.15) is 5.69 Å². The molecule has 1 aromatic rings. The van der Waals surface area contributed by atoms with Crippen LogP contribution in [-0.2, 0) is 9.59 Å². The largest absolute Gasteiger partial charge is 0.354 e. The lowest BCUT2D eigenvalue weighted by Gasteiger charge is -2.21. The average Bonchev–Trinajstić information content (AvgIpc) is 2.59. The zero-order valence-electron chi connectivity index (χ0n) is 15.3. The summed E-state index contributed by atoms with van der Waals surface area (Å²) in [5, 5.41) is 8.40. The minimum atomic E-state index is -0.513. The molecule has 7 heteroatoms. The fraction of sp³-hybridized carbons (Fsp3) is 0.556. The molecule has 3 amide bonds. The Bertz CT molecular complexity index is 575. The van der Waals surface area contributed by atoms with Gasteiger partial charge in [0, 0.05) is 31.1 Å². The van der Waals surface area contributed by atoms with Crippen molar-refractivity contribution in [3.05, 3.63) is 30.1 Å². The molecule has 0 aromatic carbocycles. The summed E-state index contributed by atoms with van der Waals surface area (Å²) in [6.07, 6.45) is 2.43. The number of rotatable bonds is 9. The molecule has 1 rings (SSSR count). The molecule has 0 saturated heterocycles. The molecule has 7 nitrogen and oxygen atoms in total. The van der Waals surface area contributed by atoms with Crippen molar-refractivity contribution >= 4 is 17.7 Å². The van der Waals surface area contributed by atoms with Crippen LogP contribution in [0.25, 0.3) is 0 Å². The fourth-order valence-electron chi connectivity index (χ4n) is 2.02. The van der Waals surface area contributed by atoms with E-state index in [9.17, 15) is 14.4 Å². The van der Waals surface area contributed by atoms with Crippen molar-refractivity contribution < 1.29 is 14.4 Å². The van der Waals surface area contributed by atoms with Gasteiger partial charge in [0.15, 0.2) is 0 Å². The van der Waals surface area contributed by atoms with Crippen LogP contribution >= 0.6 is 0 Å². The number of aromatic nitrogens is 1. The fourth-order valence-corrected chi connectivity index (χ4v) is 2.02. The summed E-state index contributed by atoms with van der Waals surface area (Å²) in [7, 11) is 0. The lowest BCUT2D eigenvalue weighted by atomic mass is 10.1. The third-order valence-corrected chi connectivity index (χ3v) is 3.73. The summed E-state index contributed by atoms with van der Waals surface area (Å²) >= 11 is 0. The molecule has 0 aliphatic rings. The number of pyridine rings is 1. The quantitative estimate of drug-likeness (QED) is 0.625. The summed E-state index contributed by atoms with van der Waals surface area (Å²) in [5.41, 5.74) is 0.269. The predicted molar refractivity (Wildman–Crippen MR) is 95.9 cm³/mol. The number of hydrogen-bond donors (Lipinski definition) is 3. The number of amides is 3. The van der Waals surface area contributed by atoms with E-state index in [1.807, 2.05) is 13.8 Å². The van der Waals surface area contributed by atoms with E-state index in [1.54, 1.807) is 32.0 Å². The van der Waals surface area contributed by atoms with E-state index >= 15 is 0 Å². The van der Waals surface area contributed by atoms with Crippen LogP contribution in [0.1, 0.15) is 51.0 Å². The lowest BCUT2D eigenvalue weighted by Crippen LogP contribution is -2.47. The molecule has 0 spiro atoms. The molecular weight excluding hydrogens is 320 g/mol. The molecule has 3 N–H and O–H groups in total. The third-order valence-electron chi connectivity index (χ3n) is 3.73. The molecular formula is C18H28N4O3. The zero-order chi connectivity index (χ0) is 18.8. The maximum Gasteiger partial charge on any atom is 0.270 e. The van der Waals surface area contributed by atoms with Crippen LogP contribution in [0.2, 0.25) is 0 Å². The molecule has 2 atom stereocenters. The molecule has 0 saturated carbocycles. The predicted octanol–water partition coefficient (Wildman–Crippen LogP) is 1.26. The van der Waals surface area contributed by atoms with Crippen LogP contribution in [0.5, 0.6) is 0 Å². The van der Waals surface area contributed by atoms with Gasteiger partial charge in [0.25, 0.3) is 5.91 Å². The van der Waals surface area contributed by atoms with E-state index in [4.69, 9.17) is 0 Å². The summed E-state index contributed by atoms with van der Waals surface area (Å²) < 4.78 is 0. The maximum atomic E-state index is 12.3. The van der Waals surface area contributed by atoms with E-state index < -0.39 is 6.04 Å². The Morgan fingerprint density at radius 3 is 2.40 bits per heavy atom. The molecule has 0 radical (unpaired) electrons. The second kappa shape index (κ2) is 10.4. The van der Waals surface area contributed by atoms with Crippen molar-refractivity contribution in [3.63, 3.8) is 0 Å². The standard InChI is InChI=1S/C18H28N4O3/c1-5-13(4)21-16(23)10-14(11-20-17(24)12(2)3)22-18(25)15-8-6-7-9-19-15/h6-9,12-14H,5,10-11H2,1-4H3,(H,20,24)(H,21,23)(H,22,25). The highest BCUT2D eigenvalue weighted by Crippen LogP contribution is 2.00. The van der Waals surface area contributed by atoms with E-state index in [-0.39, 0.29) is 48.3 Å². The summed E-state index contributed by atoms with van der Waals surface area (Å²) in [4.78, 5) is 40.2. The molecule has 2 unspecified atom stereocenters. The third kappa shape index (κ3) is 7.78. The van der Waals surface area contributed by atoms with Crippen LogP contribution in [-0.4, -0.2) is 41.3 Å². The number of carbonyl (C=O) groups is 3. The molecule has 1 aromatic heterocycles. The number of carbonyl (C=O) groups excluding carboxylic acids is 3. The highest BCUT2D eigenvalue weighted by Gasteiger charge is 2.20. The van der Waals surface area contributed by atoms with Crippen molar-refractivity contribution in [2.45, 2.75) is 52.6 Å².